The Bertz CT molecular complexity index is 673. The molecule has 1 heterocycles. The number of phenols is 1. The Morgan fingerprint density at radius 3 is 2.76 bits per heavy atom. The minimum atomic E-state index is -0.713. The molecule has 1 atom stereocenters. The molecule has 0 bridgehead atoms. The predicted octanol–water partition coefficient (Wildman–Crippen LogP) is 2.19. The number of nitro groups is 1. The average molecular weight is 287 g/mol. The number of carbonyl (C=O) groups excluding carboxylic acids is 1. The number of hydrogen-bond acceptors (Lipinski definition) is 5. The summed E-state index contributed by atoms with van der Waals surface area (Å²) in [5.74, 6) is -0.974. The number of rotatable bonds is 4. The van der Waals surface area contributed by atoms with Crippen molar-refractivity contribution in [3.8, 4) is 5.75 Å². The van der Waals surface area contributed by atoms with Crippen LogP contribution in [0.25, 0.3) is 0 Å². The molecule has 0 spiro atoms. The molecular formula is C14H13N3O4. The number of hydrogen-bond donors (Lipinski definition) is 2. The van der Waals surface area contributed by atoms with Gasteiger partial charge in [-0.1, -0.05) is 6.07 Å². The van der Waals surface area contributed by atoms with Crippen molar-refractivity contribution >= 4 is 11.6 Å². The highest BCUT2D eigenvalue weighted by Gasteiger charge is 2.17. The van der Waals surface area contributed by atoms with Gasteiger partial charge in [0.05, 0.1) is 11.0 Å². The highest BCUT2D eigenvalue weighted by Crippen LogP contribution is 2.26. The predicted molar refractivity (Wildman–Crippen MR) is 74.9 cm³/mol. The van der Waals surface area contributed by atoms with Crippen LogP contribution in [0.15, 0.2) is 42.7 Å². The van der Waals surface area contributed by atoms with Gasteiger partial charge in [-0.2, -0.15) is 0 Å². The fourth-order valence-corrected chi connectivity index (χ4v) is 1.81. The van der Waals surface area contributed by atoms with Crippen LogP contribution in [0.4, 0.5) is 5.69 Å². The molecule has 1 amide bonds. The topological polar surface area (TPSA) is 105 Å². The zero-order chi connectivity index (χ0) is 15.4. The van der Waals surface area contributed by atoms with Crippen LogP contribution >= 0.6 is 0 Å². The zero-order valence-corrected chi connectivity index (χ0v) is 11.2. The third kappa shape index (κ3) is 3.33. The second-order valence-corrected chi connectivity index (χ2v) is 4.44. The lowest BCUT2D eigenvalue weighted by Gasteiger charge is -2.13. The fraction of sp³-hybridized carbons (Fsp3) is 0.143. The Kier molecular flexibility index (Phi) is 4.13. The first-order chi connectivity index (χ1) is 9.99. The smallest absolute Gasteiger partial charge is 0.310 e. The van der Waals surface area contributed by atoms with Crippen molar-refractivity contribution in [3.05, 3.63) is 64.0 Å². The first-order valence-electron chi connectivity index (χ1n) is 6.17. The molecule has 1 aromatic carbocycles. The van der Waals surface area contributed by atoms with Crippen LogP contribution in [-0.2, 0) is 0 Å². The van der Waals surface area contributed by atoms with Crippen LogP contribution in [0.2, 0.25) is 0 Å². The van der Waals surface area contributed by atoms with Gasteiger partial charge in [0.25, 0.3) is 5.91 Å². The monoisotopic (exact) mass is 287 g/mol. The molecule has 108 valence electrons. The van der Waals surface area contributed by atoms with Crippen LogP contribution < -0.4 is 5.32 Å². The summed E-state index contributed by atoms with van der Waals surface area (Å²) >= 11 is 0. The van der Waals surface area contributed by atoms with E-state index < -0.39 is 22.3 Å². The van der Waals surface area contributed by atoms with Gasteiger partial charge in [0, 0.05) is 24.0 Å². The number of amides is 1. The van der Waals surface area contributed by atoms with Crippen molar-refractivity contribution in [3.63, 3.8) is 0 Å². The van der Waals surface area contributed by atoms with Crippen molar-refractivity contribution in [1.82, 2.24) is 10.3 Å². The SMILES string of the molecule is CC(NC(=O)c1ccc([N+](=O)[O-])c(O)c1)c1cccnc1. The minimum absolute atomic E-state index is 0.147. The van der Waals surface area contributed by atoms with Gasteiger partial charge in [-0.15, -0.1) is 0 Å². The third-order valence-electron chi connectivity index (χ3n) is 2.97. The summed E-state index contributed by atoms with van der Waals surface area (Å²) in [6, 6.07) is 6.77. The molecule has 0 aliphatic heterocycles. The van der Waals surface area contributed by atoms with E-state index in [1.807, 2.05) is 6.07 Å². The van der Waals surface area contributed by atoms with E-state index in [0.29, 0.717) is 0 Å². The van der Waals surface area contributed by atoms with E-state index in [1.54, 1.807) is 25.4 Å². The Morgan fingerprint density at radius 1 is 1.43 bits per heavy atom. The van der Waals surface area contributed by atoms with E-state index in [0.717, 1.165) is 17.7 Å². The van der Waals surface area contributed by atoms with Crippen LogP contribution in [0.3, 0.4) is 0 Å². The highest BCUT2D eigenvalue weighted by atomic mass is 16.6. The van der Waals surface area contributed by atoms with E-state index >= 15 is 0 Å². The maximum atomic E-state index is 12.0. The number of nitrogens with one attached hydrogen (secondary N) is 1. The molecule has 0 fully saturated rings. The van der Waals surface area contributed by atoms with Crippen molar-refractivity contribution in [2.45, 2.75) is 13.0 Å². The van der Waals surface area contributed by atoms with Gasteiger partial charge < -0.3 is 10.4 Å². The molecule has 0 aliphatic carbocycles. The van der Waals surface area contributed by atoms with Crippen molar-refractivity contribution in [1.29, 1.82) is 0 Å². The van der Waals surface area contributed by atoms with E-state index in [9.17, 15) is 20.0 Å². The Balaban J connectivity index is 2.14. The van der Waals surface area contributed by atoms with Gasteiger partial charge in [0.1, 0.15) is 0 Å². The van der Waals surface area contributed by atoms with Crippen LogP contribution in [0.1, 0.15) is 28.9 Å². The number of pyridine rings is 1. The maximum Gasteiger partial charge on any atom is 0.310 e. The van der Waals surface area contributed by atoms with E-state index in [1.165, 1.54) is 6.07 Å². The summed E-state index contributed by atoms with van der Waals surface area (Å²) in [6.07, 6.45) is 3.27. The molecule has 2 N–H and O–H groups in total. The quantitative estimate of drug-likeness (QED) is 0.662. The number of nitro benzene ring substituents is 1. The number of phenolic OH excluding ortho intramolecular Hbond substituents is 1. The lowest BCUT2D eigenvalue weighted by molar-refractivity contribution is -0.385. The van der Waals surface area contributed by atoms with Crippen molar-refractivity contribution < 1.29 is 14.8 Å². The normalized spacial score (nSPS) is 11.7. The molecule has 1 unspecified atom stereocenters. The summed E-state index contributed by atoms with van der Waals surface area (Å²) < 4.78 is 0. The van der Waals surface area contributed by atoms with Gasteiger partial charge in [0.15, 0.2) is 5.75 Å². The number of aromatic hydroxyl groups is 1. The average Bonchev–Trinajstić information content (AvgIpc) is 2.47. The second kappa shape index (κ2) is 6.00. The molecule has 0 saturated heterocycles. The standard InChI is InChI=1S/C14H13N3O4/c1-9(11-3-2-6-15-8-11)16-14(19)10-4-5-12(17(20)21)13(18)7-10/h2-9,18H,1H3,(H,16,19). The van der Waals surface area contributed by atoms with Gasteiger partial charge >= 0.3 is 5.69 Å². The summed E-state index contributed by atoms with van der Waals surface area (Å²) in [6.45, 7) is 1.79. The molecule has 0 aliphatic rings. The van der Waals surface area contributed by atoms with Crippen LogP contribution in [-0.4, -0.2) is 20.9 Å². The Labute approximate surface area is 120 Å². The third-order valence-corrected chi connectivity index (χ3v) is 2.97. The van der Waals surface area contributed by atoms with Gasteiger partial charge in [-0.3, -0.25) is 19.9 Å². The molecular weight excluding hydrogens is 274 g/mol. The molecule has 7 nitrogen and oxygen atoms in total. The number of nitrogens with zero attached hydrogens (tertiary/aromatic N) is 2. The van der Waals surface area contributed by atoms with Crippen LogP contribution in [0.5, 0.6) is 5.75 Å². The zero-order valence-electron chi connectivity index (χ0n) is 11.2. The molecule has 2 rings (SSSR count). The van der Waals surface area contributed by atoms with E-state index in [2.05, 4.69) is 10.3 Å². The molecule has 2 aromatic rings. The molecule has 0 radical (unpaired) electrons. The summed E-state index contributed by atoms with van der Waals surface area (Å²) in [4.78, 5) is 25.9. The Morgan fingerprint density at radius 2 is 2.19 bits per heavy atom. The lowest BCUT2D eigenvalue weighted by atomic mass is 10.1. The first-order valence-corrected chi connectivity index (χ1v) is 6.17. The highest BCUT2D eigenvalue weighted by molar-refractivity contribution is 5.95. The second-order valence-electron chi connectivity index (χ2n) is 4.44. The number of benzene rings is 1. The van der Waals surface area contributed by atoms with Gasteiger partial charge in [-0.25, -0.2) is 0 Å². The largest absolute Gasteiger partial charge is 0.502 e. The molecule has 21 heavy (non-hydrogen) atoms. The summed E-state index contributed by atoms with van der Waals surface area (Å²) in [5.41, 5.74) is 0.540. The summed E-state index contributed by atoms with van der Waals surface area (Å²) in [7, 11) is 0. The fourth-order valence-electron chi connectivity index (χ4n) is 1.81. The number of carbonyl (C=O) groups is 1. The lowest BCUT2D eigenvalue weighted by Crippen LogP contribution is -2.26. The number of aromatic nitrogens is 1. The van der Waals surface area contributed by atoms with E-state index in [-0.39, 0.29) is 11.6 Å². The first kappa shape index (κ1) is 14.4. The minimum Gasteiger partial charge on any atom is -0.502 e. The molecule has 1 aromatic heterocycles. The van der Waals surface area contributed by atoms with Crippen molar-refractivity contribution in [2.24, 2.45) is 0 Å². The van der Waals surface area contributed by atoms with Crippen LogP contribution in [0, 0.1) is 10.1 Å². The molecule has 0 saturated carbocycles. The van der Waals surface area contributed by atoms with Gasteiger partial charge in [0.2, 0.25) is 0 Å². The maximum absolute atomic E-state index is 12.0. The van der Waals surface area contributed by atoms with E-state index in [4.69, 9.17) is 0 Å². The summed E-state index contributed by atoms with van der Waals surface area (Å²) in [5, 5.41) is 22.9. The van der Waals surface area contributed by atoms with Crippen molar-refractivity contribution in [2.75, 3.05) is 0 Å². The van der Waals surface area contributed by atoms with Gasteiger partial charge in [-0.05, 0) is 30.7 Å². The molecule has 7 heteroatoms. The Hall–Kier alpha value is -2.96.